The van der Waals surface area contributed by atoms with Gasteiger partial charge in [-0.25, -0.2) is 0 Å². The Bertz CT molecular complexity index is 2380. The molecule has 0 bridgehead atoms. The van der Waals surface area contributed by atoms with Crippen LogP contribution in [-0.2, 0) is 38.1 Å². The maximum atomic E-state index is 11.3. The number of benzene rings is 1. The van der Waals surface area contributed by atoms with Crippen molar-refractivity contribution >= 4 is 23.7 Å². The first-order chi connectivity index (χ1) is 51.7. The van der Waals surface area contributed by atoms with E-state index in [1.165, 1.54) is 77.0 Å². The van der Waals surface area contributed by atoms with E-state index in [1.54, 1.807) is 78.8 Å². The van der Waals surface area contributed by atoms with Crippen molar-refractivity contribution in [2.75, 3.05) is 100 Å². The molecular formula is C85H163N15O9. The minimum Gasteiger partial charge on any atom is -0.426 e. The molecule has 24 heteroatoms. The van der Waals surface area contributed by atoms with Crippen molar-refractivity contribution in [3.63, 3.8) is 0 Å². The largest absolute Gasteiger partial charge is 0.426 e. The van der Waals surface area contributed by atoms with Gasteiger partial charge in [0, 0.05) is 86.2 Å². The number of hydrogen-bond donors (Lipinski definition) is 3. The monoisotopic (exact) mass is 1540 g/mol. The molecule has 0 spiro atoms. The number of esters is 1. The number of para-hydroxylation sites is 1. The van der Waals surface area contributed by atoms with Crippen LogP contribution in [0.15, 0.2) is 84.2 Å². The van der Waals surface area contributed by atoms with E-state index >= 15 is 0 Å². The number of hydrogen-bond acceptors (Lipinski definition) is 13. The first kappa shape index (κ1) is 116. The molecule has 109 heavy (non-hydrogen) atoms. The highest BCUT2D eigenvalue weighted by molar-refractivity contribution is 5.76. The molecule has 1 aromatic rings. The zero-order valence-corrected chi connectivity index (χ0v) is 74.7. The Morgan fingerprint density at radius 2 is 0.523 bits per heavy atom. The van der Waals surface area contributed by atoms with Gasteiger partial charge in [-0.2, -0.15) is 0 Å². The van der Waals surface area contributed by atoms with Crippen molar-refractivity contribution in [3.05, 3.63) is 106 Å². The molecule has 0 aliphatic carbocycles. The Morgan fingerprint density at radius 1 is 0.330 bits per heavy atom. The van der Waals surface area contributed by atoms with Crippen LogP contribution in [0.2, 0.25) is 0 Å². The second kappa shape index (κ2) is 82.4. The Balaban J connectivity index is -0.000000223. The van der Waals surface area contributed by atoms with Gasteiger partial charge in [0.1, 0.15) is 5.75 Å². The fourth-order valence-corrected chi connectivity index (χ4v) is 9.68. The van der Waals surface area contributed by atoms with E-state index in [0.717, 1.165) is 71.0 Å². The summed E-state index contributed by atoms with van der Waals surface area (Å²) in [6.45, 7) is 64.5. The fourth-order valence-electron chi connectivity index (χ4n) is 9.68. The van der Waals surface area contributed by atoms with Crippen molar-refractivity contribution in [1.29, 1.82) is 0 Å². The summed E-state index contributed by atoms with van der Waals surface area (Å²) in [4.78, 5) is 53.4. The van der Waals surface area contributed by atoms with Gasteiger partial charge in [-0.1, -0.05) is 252 Å². The van der Waals surface area contributed by atoms with Crippen LogP contribution < -0.4 is 20.7 Å². The molecule has 0 saturated carbocycles. The van der Waals surface area contributed by atoms with Crippen molar-refractivity contribution in [2.45, 2.75) is 283 Å². The Hall–Kier alpha value is -6.60. The lowest BCUT2D eigenvalue weighted by molar-refractivity contribution is -0.135. The highest BCUT2D eigenvalue weighted by atomic mass is 16.5. The van der Waals surface area contributed by atoms with E-state index in [9.17, 15) is 19.2 Å². The van der Waals surface area contributed by atoms with Gasteiger partial charge < -0.3 is 39.6 Å². The maximum absolute atomic E-state index is 11.3. The van der Waals surface area contributed by atoms with Crippen molar-refractivity contribution in [1.82, 2.24) is 16.0 Å². The van der Waals surface area contributed by atoms with Crippen LogP contribution in [0.4, 0.5) is 0 Å². The SMILES string of the molecule is CC.CC/C(C[C@@H](C)C(C)C)=C(\CC)C[C@H](C)C(C)C.CC/C(C[C@@H](C)C(C)C)=C(\CC)C[C@H](C)C(C)C.CC/C(C[C@@H](C)C(C)C)=C(\CC)C[C@H](C)C(C)C.CNC(=O)CCOCCN=[N+]=[N-].CNC(=O)CCOCCN=[N+]=[N-].CNC(=O)CCOCCN=[N+]=[N-].[N-]=[N+]=NCCOCCC(=O)Oc1ccccc1. The zero-order valence-electron chi connectivity index (χ0n) is 74.7. The van der Waals surface area contributed by atoms with E-state index in [2.05, 4.69) is 222 Å². The highest BCUT2D eigenvalue weighted by Crippen LogP contribution is 2.33. The summed E-state index contributed by atoms with van der Waals surface area (Å²) in [5.41, 5.74) is 42.1. The Kier molecular flexibility index (Phi) is 87.4. The van der Waals surface area contributed by atoms with Crippen LogP contribution in [0.25, 0.3) is 41.8 Å². The number of rotatable bonds is 49. The quantitative estimate of drug-likeness (QED) is 0.0106. The van der Waals surface area contributed by atoms with Gasteiger partial charge in [-0.05, 0) is 182 Å². The molecule has 0 aliphatic rings. The van der Waals surface area contributed by atoms with Crippen LogP contribution in [0.1, 0.15) is 283 Å². The summed E-state index contributed by atoms with van der Waals surface area (Å²) in [6.07, 6.45) is 16.5. The second-order valence-corrected chi connectivity index (χ2v) is 29.4. The Morgan fingerprint density at radius 3 is 0.688 bits per heavy atom. The molecule has 0 fully saturated rings. The number of azide groups is 4. The second-order valence-electron chi connectivity index (χ2n) is 29.4. The number of carbonyl (C=O) groups is 4. The predicted octanol–water partition coefficient (Wildman–Crippen LogP) is 24.1. The smallest absolute Gasteiger partial charge is 0.313 e. The molecule has 1 aromatic carbocycles. The van der Waals surface area contributed by atoms with Gasteiger partial charge in [-0.3, -0.25) is 19.2 Å². The number of allylic oxidation sites excluding steroid dienone is 6. The number of ether oxygens (including phenoxy) is 5. The summed E-state index contributed by atoms with van der Waals surface area (Å²) < 4.78 is 25.1. The molecule has 0 aromatic heterocycles. The average Bonchev–Trinajstić information content (AvgIpc) is 0.912. The molecular weight excluding hydrogens is 1380 g/mol. The summed E-state index contributed by atoms with van der Waals surface area (Å²) in [6, 6.07) is 8.84. The Labute approximate surface area is 665 Å². The molecule has 632 valence electrons. The van der Waals surface area contributed by atoms with Crippen LogP contribution in [0.3, 0.4) is 0 Å². The van der Waals surface area contributed by atoms with Gasteiger partial charge >= 0.3 is 5.97 Å². The minimum absolute atomic E-state index is 0.0567. The van der Waals surface area contributed by atoms with Gasteiger partial charge in [0.2, 0.25) is 17.7 Å². The third-order valence-corrected chi connectivity index (χ3v) is 19.6. The van der Waals surface area contributed by atoms with E-state index in [0.29, 0.717) is 90.9 Å². The van der Waals surface area contributed by atoms with Gasteiger partial charge in [0.25, 0.3) is 0 Å². The van der Waals surface area contributed by atoms with E-state index in [-0.39, 0.29) is 43.3 Å². The summed E-state index contributed by atoms with van der Waals surface area (Å²) in [7, 11) is 4.72. The number of amides is 3. The lowest BCUT2D eigenvalue weighted by Gasteiger charge is -2.23. The lowest BCUT2D eigenvalue weighted by atomic mass is 9.83. The van der Waals surface area contributed by atoms with E-state index < -0.39 is 0 Å². The van der Waals surface area contributed by atoms with Gasteiger partial charge in [0.05, 0.1) is 59.3 Å². The van der Waals surface area contributed by atoms with E-state index in [1.807, 2.05) is 19.9 Å². The lowest BCUT2D eigenvalue weighted by Crippen LogP contribution is -2.19. The molecule has 0 saturated heterocycles. The van der Waals surface area contributed by atoms with Crippen molar-refractivity contribution < 1.29 is 42.9 Å². The summed E-state index contributed by atoms with van der Waals surface area (Å²) >= 11 is 0. The van der Waals surface area contributed by atoms with E-state index in [4.69, 9.17) is 45.8 Å². The average molecular weight is 1540 g/mol. The zero-order chi connectivity index (χ0) is 84.9. The topological polar surface area (TPSA) is 346 Å². The first-order valence-corrected chi connectivity index (χ1v) is 41.1. The van der Waals surface area contributed by atoms with Gasteiger partial charge in [0.15, 0.2) is 0 Å². The third kappa shape index (κ3) is 75.2. The summed E-state index contributed by atoms with van der Waals surface area (Å²) in [5.74, 6) is 9.69. The van der Waals surface area contributed by atoms with Crippen molar-refractivity contribution in [2.24, 2.45) is 91.5 Å². The fraction of sp³-hybridized carbons (Fsp3) is 0.812. The van der Waals surface area contributed by atoms with Crippen LogP contribution >= 0.6 is 0 Å². The summed E-state index contributed by atoms with van der Waals surface area (Å²) in [5, 5.41) is 20.5. The molecule has 0 unspecified atom stereocenters. The molecule has 0 heterocycles. The van der Waals surface area contributed by atoms with Crippen LogP contribution in [0.5, 0.6) is 5.75 Å². The standard InChI is InChI=1S/3C18H36.C11H13N3O3.3C6H12N4O2.C2H6/c3*1-9-17(11-15(7)13(3)4)18(10-2)12-16(8)14(5)6;12-14-13-7-9-16-8-6-11(15)17-10-4-2-1-3-5-10;3*1-8-6(11)2-4-12-5-3-9-10-7;1-2/h3*13-16H,9-12H2,1-8H3;1-5H,6-9H2;3*2-5H2,1H3,(H,8,11);1-2H3/b3*18-17-;;;;;/t3*15-,16+;;;;;. The predicted molar refractivity (Wildman–Crippen MR) is 458 cm³/mol. The molecule has 1 rings (SSSR count). The molecule has 3 N–H and O–H groups in total. The molecule has 6 atom stereocenters. The molecule has 3 amide bonds. The third-order valence-electron chi connectivity index (χ3n) is 19.6. The molecule has 24 nitrogen and oxygen atoms in total. The molecule has 0 radical (unpaired) electrons. The molecule has 0 aliphatic heterocycles. The van der Waals surface area contributed by atoms with Crippen LogP contribution in [0, 0.1) is 71.0 Å². The normalized spacial score (nSPS) is 12.8. The number of nitrogens with zero attached hydrogens (tertiary/aromatic N) is 12. The number of nitrogens with one attached hydrogen (secondary N) is 3. The first-order valence-electron chi connectivity index (χ1n) is 41.1. The minimum atomic E-state index is -0.347. The van der Waals surface area contributed by atoms with Crippen molar-refractivity contribution in [3.8, 4) is 5.75 Å². The maximum Gasteiger partial charge on any atom is 0.313 e. The van der Waals surface area contributed by atoms with Gasteiger partial charge in [-0.15, -0.1) is 0 Å². The number of carbonyl (C=O) groups excluding carboxylic acids is 4. The highest BCUT2D eigenvalue weighted by Gasteiger charge is 2.19. The van der Waals surface area contributed by atoms with Crippen LogP contribution in [-0.4, -0.2) is 124 Å².